The molecule has 2 atom stereocenters. The van der Waals surface area contributed by atoms with Gasteiger partial charge in [0.1, 0.15) is 6.33 Å². The van der Waals surface area contributed by atoms with E-state index in [0.29, 0.717) is 10.8 Å². The summed E-state index contributed by atoms with van der Waals surface area (Å²) >= 11 is 5.93. The van der Waals surface area contributed by atoms with Gasteiger partial charge in [-0.05, 0) is 30.5 Å². The topological polar surface area (TPSA) is 71.8 Å². The van der Waals surface area contributed by atoms with Crippen LogP contribution in [0.5, 0.6) is 0 Å². The van der Waals surface area contributed by atoms with E-state index < -0.39 is 0 Å². The minimum atomic E-state index is -0.242. The third-order valence-corrected chi connectivity index (χ3v) is 3.92. The van der Waals surface area contributed by atoms with Crippen LogP contribution >= 0.6 is 11.6 Å². The van der Waals surface area contributed by atoms with Gasteiger partial charge in [0, 0.05) is 12.1 Å². The zero-order valence-corrected chi connectivity index (χ0v) is 14.5. The molecule has 0 aliphatic rings. The lowest BCUT2D eigenvalue weighted by atomic mass is 9.96. The second-order valence-corrected chi connectivity index (χ2v) is 6.35. The van der Waals surface area contributed by atoms with E-state index in [-0.39, 0.29) is 24.0 Å². The fourth-order valence-electron chi connectivity index (χ4n) is 2.43. The first kappa shape index (κ1) is 17.3. The molecule has 2 aromatic rings. The lowest BCUT2D eigenvalue weighted by Gasteiger charge is -2.24. The van der Waals surface area contributed by atoms with Crippen molar-refractivity contribution in [2.24, 2.45) is 13.0 Å². The smallest absolute Gasteiger partial charge is 0.315 e. The Morgan fingerprint density at radius 1 is 1.17 bits per heavy atom. The maximum absolute atomic E-state index is 12.3. The first-order valence-electron chi connectivity index (χ1n) is 7.55. The van der Waals surface area contributed by atoms with E-state index in [1.54, 1.807) is 10.9 Å². The van der Waals surface area contributed by atoms with E-state index in [9.17, 15) is 4.79 Å². The van der Waals surface area contributed by atoms with Crippen molar-refractivity contribution in [3.63, 3.8) is 0 Å². The highest BCUT2D eigenvalue weighted by atomic mass is 35.5. The Labute approximate surface area is 141 Å². The molecule has 23 heavy (non-hydrogen) atoms. The molecule has 0 spiro atoms. The standard InChI is InChI=1S/C16H22ClN5O/c1-10(2)14(12-5-7-13(17)8-6-12)20-16(23)19-11(3)15-21-18-9-22(15)4/h5-11,14H,1-4H3,(H2,19,20,23)/t11-,14+/m0/s1. The Morgan fingerprint density at radius 3 is 2.35 bits per heavy atom. The minimum absolute atomic E-state index is 0.0982. The summed E-state index contributed by atoms with van der Waals surface area (Å²) in [6.07, 6.45) is 1.61. The Kier molecular flexibility index (Phi) is 5.60. The lowest BCUT2D eigenvalue weighted by Crippen LogP contribution is -2.41. The third-order valence-electron chi connectivity index (χ3n) is 3.66. The number of hydrogen-bond acceptors (Lipinski definition) is 3. The van der Waals surface area contributed by atoms with Crippen LogP contribution in [-0.2, 0) is 7.05 Å². The van der Waals surface area contributed by atoms with Crippen LogP contribution in [0.25, 0.3) is 0 Å². The van der Waals surface area contributed by atoms with E-state index >= 15 is 0 Å². The zero-order chi connectivity index (χ0) is 17.0. The Morgan fingerprint density at radius 2 is 1.83 bits per heavy atom. The molecule has 1 aromatic heterocycles. The molecule has 2 amide bonds. The number of aryl methyl sites for hydroxylation is 1. The maximum Gasteiger partial charge on any atom is 0.315 e. The van der Waals surface area contributed by atoms with E-state index in [1.165, 1.54) is 0 Å². The van der Waals surface area contributed by atoms with Crippen molar-refractivity contribution < 1.29 is 4.79 Å². The molecule has 6 nitrogen and oxygen atoms in total. The van der Waals surface area contributed by atoms with Crippen LogP contribution < -0.4 is 10.6 Å². The van der Waals surface area contributed by atoms with Gasteiger partial charge in [-0.1, -0.05) is 37.6 Å². The molecule has 124 valence electrons. The first-order chi connectivity index (χ1) is 10.9. The van der Waals surface area contributed by atoms with Crippen LogP contribution in [0.4, 0.5) is 4.79 Å². The summed E-state index contributed by atoms with van der Waals surface area (Å²) in [4.78, 5) is 12.3. The molecule has 7 heteroatoms. The van der Waals surface area contributed by atoms with Crippen molar-refractivity contribution in [1.29, 1.82) is 0 Å². The monoisotopic (exact) mass is 335 g/mol. The molecule has 0 saturated carbocycles. The summed E-state index contributed by atoms with van der Waals surface area (Å²) in [5, 5.41) is 14.4. The van der Waals surface area contributed by atoms with Crippen molar-refractivity contribution in [3.05, 3.63) is 47.0 Å². The number of aromatic nitrogens is 3. The molecule has 0 bridgehead atoms. The van der Waals surface area contributed by atoms with Crippen LogP contribution in [0.2, 0.25) is 5.02 Å². The number of benzene rings is 1. The average molecular weight is 336 g/mol. The Balaban J connectivity index is 2.04. The highest BCUT2D eigenvalue weighted by Crippen LogP contribution is 2.23. The molecule has 1 aromatic carbocycles. The normalized spacial score (nSPS) is 13.7. The molecule has 0 radical (unpaired) electrons. The van der Waals surface area contributed by atoms with Crippen LogP contribution in [-0.4, -0.2) is 20.8 Å². The predicted octanol–water partition coefficient (Wildman–Crippen LogP) is 3.23. The van der Waals surface area contributed by atoms with Crippen LogP contribution in [0.15, 0.2) is 30.6 Å². The summed E-state index contributed by atoms with van der Waals surface area (Å²) in [7, 11) is 1.84. The molecule has 0 aliphatic heterocycles. The van der Waals surface area contributed by atoms with Crippen LogP contribution in [0.3, 0.4) is 0 Å². The van der Waals surface area contributed by atoms with Crippen LogP contribution in [0, 0.1) is 5.92 Å². The molecule has 0 fully saturated rings. The molecular weight excluding hydrogens is 314 g/mol. The van der Waals surface area contributed by atoms with Gasteiger partial charge in [-0.3, -0.25) is 0 Å². The second kappa shape index (κ2) is 7.46. The quantitative estimate of drug-likeness (QED) is 0.881. The van der Waals surface area contributed by atoms with E-state index in [1.807, 2.05) is 38.2 Å². The molecule has 2 rings (SSSR count). The van der Waals surface area contributed by atoms with Crippen LogP contribution in [0.1, 0.15) is 44.2 Å². The Hall–Kier alpha value is -2.08. The molecular formula is C16H22ClN5O. The average Bonchev–Trinajstić information content (AvgIpc) is 2.92. The van der Waals surface area contributed by atoms with E-state index in [0.717, 1.165) is 5.56 Å². The number of hydrogen-bond donors (Lipinski definition) is 2. The van der Waals surface area contributed by atoms with E-state index in [2.05, 4.69) is 34.7 Å². The van der Waals surface area contributed by atoms with Gasteiger partial charge in [0.15, 0.2) is 5.82 Å². The van der Waals surface area contributed by atoms with Gasteiger partial charge in [0.25, 0.3) is 0 Å². The number of carbonyl (C=O) groups is 1. The van der Waals surface area contributed by atoms with Crippen molar-refractivity contribution in [2.45, 2.75) is 32.9 Å². The number of nitrogens with one attached hydrogen (secondary N) is 2. The largest absolute Gasteiger partial charge is 0.331 e. The highest BCUT2D eigenvalue weighted by Gasteiger charge is 2.20. The number of nitrogens with zero attached hydrogens (tertiary/aromatic N) is 3. The maximum atomic E-state index is 12.3. The SMILES string of the molecule is CC(C)[C@@H](NC(=O)N[C@@H](C)c1nncn1C)c1ccc(Cl)cc1. The molecule has 0 aliphatic carbocycles. The van der Waals surface area contributed by atoms with Crippen molar-refractivity contribution in [1.82, 2.24) is 25.4 Å². The van der Waals surface area contributed by atoms with Crippen molar-refractivity contribution in [3.8, 4) is 0 Å². The molecule has 0 unspecified atom stereocenters. The summed E-state index contributed by atoms with van der Waals surface area (Å²) in [5.74, 6) is 0.944. The molecule has 1 heterocycles. The van der Waals surface area contributed by atoms with Crippen molar-refractivity contribution >= 4 is 17.6 Å². The highest BCUT2D eigenvalue weighted by molar-refractivity contribution is 6.30. The molecule has 2 N–H and O–H groups in total. The number of halogens is 1. The van der Waals surface area contributed by atoms with Gasteiger partial charge < -0.3 is 15.2 Å². The lowest BCUT2D eigenvalue weighted by molar-refractivity contribution is 0.229. The number of urea groups is 1. The molecule has 0 saturated heterocycles. The van der Waals surface area contributed by atoms with Crippen molar-refractivity contribution in [2.75, 3.05) is 0 Å². The van der Waals surface area contributed by atoms with Gasteiger partial charge in [0.05, 0.1) is 12.1 Å². The minimum Gasteiger partial charge on any atom is -0.331 e. The second-order valence-electron chi connectivity index (χ2n) is 5.91. The Bertz CT molecular complexity index is 653. The van der Waals surface area contributed by atoms with Gasteiger partial charge in [0.2, 0.25) is 0 Å². The zero-order valence-electron chi connectivity index (χ0n) is 13.7. The van der Waals surface area contributed by atoms with Gasteiger partial charge in [-0.25, -0.2) is 4.79 Å². The summed E-state index contributed by atoms with van der Waals surface area (Å²) < 4.78 is 1.78. The predicted molar refractivity (Wildman–Crippen MR) is 90.1 cm³/mol. The fraction of sp³-hybridized carbons (Fsp3) is 0.438. The summed E-state index contributed by atoms with van der Waals surface area (Å²) in [6, 6.07) is 6.94. The number of carbonyl (C=O) groups excluding carboxylic acids is 1. The van der Waals surface area contributed by atoms with E-state index in [4.69, 9.17) is 11.6 Å². The summed E-state index contributed by atoms with van der Waals surface area (Å²) in [6.45, 7) is 5.99. The number of rotatable bonds is 5. The van der Waals surface area contributed by atoms with Gasteiger partial charge in [-0.2, -0.15) is 0 Å². The first-order valence-corrected chi connectivity index (χ1v) is 7.92. The summed E-state index contributed by atoms with van der Waals surface area (Å²) in [5.41, 5.74) is 1.02. The van der Waals surface area contributed by atoms with Gasteiger partial charge in [-0.15, -0.1) is 10.2 Å². The van der Waals surface area contributed by atoms with Gasteiger partial charge >= 0.3 is 6.03 Å². The number of amides is 2. The third kappa shape index (κ3) is 4.45. The fourth-order valence-corrected chi connectivity index (χ4v) is 2.56.